The molecule has 0 aliphatic carbocycles. The van der Waals surface area contributed by atoms with Gasteiger partial charge in [0.05, 0.1) is 5.84 Å². The van der Waals surface area contributed by atoms with E-state index in [0.717, 1.165) is 12.8 Å². The van der Waals surface area contributed by atoms with Gasteiger partial charge in [0.25, 0.3) is 10.2 Å². The molecule has 0 aromatic heterocycles. The van der Waals surface area contributed by atoms with Crippen molar-refractivity contribution in [1.29, 1.82) is 5.41 Å². The molecule has 0 amide bonds. The highest BCUT2D eigenvalue weighted by Crippen LogP contribution is 2.20. The molecule has 1 rings (SSSR count). The van der Waals surface area contributed by atoms with E-state index < -0.39 is 10.2 Å². The van der Waals surface area contributed by atoms with Crippen molar-refractivity contribution in [3.05, 3.63) is 0 Å². The number of hydrogen-bond donors (Lipinski definition) is 2. The lowest BCUT2D eigenvalue weighted by atomic mass is 10.0. The lowest BCUT2D eigenvalue weighted by Crippen LogP contribution is -2.47. The van der Waals surface area contributed by atoms with Gasteiger partial charge in [0.15, 0.2) is 0 Å². The highest BCUT2D eigenvalue weighted by Gasteiger charge is 2.30. The van der Waals surface area contributed by atoms with Gasteiger partial charge in [-0.25, -0.2) is 0 Å². The van der Waals surface area contributed by atoms with Gasteiger partial charge < -0.3 is 5.73 Å². The zero-order valence-corrected chi connectivity index (χ0v) is 12.2. The SMILES string of the molecule is CC1CCN(S(=O)(=O)N(C)CC(C)C(=N)N)CC1. The molecule has 1 saturated heterocycles. The summed E-state index contributed by atoms with van der Waals surface area (Å²) in [6, 6.07) is 0. The van der Waals surface area contributed by atoms with Gasteiger partial charge in [-0.15, -0.1) is 0 Å². The van der Waals surface area contributed by atoms with E-state index in [1.807, 2.05) is 0 Å². The summed E-state index contributed by atoms with van der Waals surface area (Å²) in [4.78, 5) is 0. The number of nitrogens with one attached hydrogen (secondary N) is 1. The van der Waals surface area contributed by atoms with Crippen LogP contribution >= 0.6 is 0 Å². The summed E-state index contributed by atoms with van der Waals surface area (Å²) in [5, 5.41) is 7.31. The lowest BCUT2D eigenvalue weighted by Gasteiger charge is -2.33. The fourth-order valence-electron chi connectivity index (χ4n) is 1.99. The Morgan fingerprint density at radius 2 is 2.00 bits per heavy atom. The van der Waals surface area contributed by atoms with Crippen LogP contribution in [0.15, 0.2) is 0 Å². The van der Waals surface area contributed by atoms with E-state index in [-0.39, 0.29) is 18.3 Å². The Bertz CT molecular complexity index is 388. The number of piperidine rings is 1. The molecule has 0 aromatic rings. The lowest BCUT2D eigenvalue weighted by molar-refractivity contribution is 0.268. The molecular formula is C11H24N4O2S. The fraction of sp³-hybridized carbons (Fsp3) is 0.909. The first-order valence-corrected chi connectivity index (χ1v) is 7.70. The van der Waals surface area contributed by atoms with Crippen LogP contribution in [0.2, 0.25) is 0 Å². The average molecular weight is 276 g/mol. The normalized spacial score (nSPS) is 21.1. The Balaban J connectivity index is 2.65. The Kier molecular flexibility index (Phi) is 5.12. The standard InChI is InChI=1S/C11H24N4O2S/c1-9-4-6-15(7-5-9)18(16,17)14(3)8-10(2)11(12)13/h9-10H,4-8H2,1-3H3,(H3,12,13). The second-order valence-corrected chi connectivity index (χ2v) is 7.26. The van der Waals surface area contributed by atoms with Gasteiger partial charge in [0.1, 0.15) is 0 Å². The van der Waals surface area contributed by atoms with Crippen LogP contribution in [0.3, 0.4) is 0 Å². The Labute approximate surface area is 110 Å². The topological polar surface area (TPSA) is 90.5 Å². The quantitative estimate of drug-likeness (QED) is 0.565. The van der Waals surface area contributed by atoms with Gasteiger partial charge in [-0.1, -0.05) is 13.8 Å². The molecule has 1 heterocycles. The first kappa shape index (κ1) is 15.4. The van der Waals surface area contributed by atoms with Crippen LogP contribution in [0.1, 0.15) is 26.7 Å². The highest BCUT2D eigenvalue weighted by molar-refractivity contribution is 7.86. The summed E-state index contributed by atoms with van der Waals surface area (Å²) in [7, 11) is -1.85. The minimum atomic E-state index is -3.40. The van der Waals surface area contributed by atoms with Gasteiger partial charge in [0.2, 0.25) is 0 Å². The third-order valence-electron chi connectivity index (χ3n) is 3.52. The molecule has 3 N–H and O–H groups in total. The maximum Gasteiger partial charge on any atom is 0.281 e. The number of amidine groups is 1. The molecular weight excluding hydrogens is 252 g/mol. The Hall–Kier alpha value is -0.660. The van der Waals surface area contributed by atoms with Crippen molar-refractivity contribution in [2.24, 2.45) is 17.6 Å². The molecule has 6 nitrogen and oxygen atoms in total. The molecule has 0 radical (unpaired) electrons. The highest BCUT2D eigenvalue weighted by atomic mass is 32.2. The molecule has 1 aliphatic heterocycles. The smallest absolute Gasteiger partial charge is 0.281 e. The van der Waals surface area contributed by atoms with E-state index in [9.17, 15) is 8.42 Å². The van der Waals surface area contributed by atoms with Gasteiger partial charge >= 0.3 is 0 Å². The van der Waals surface area contributed by atoms with E-state index in [2.05, 4.69) is 6.92 Å². The summed E-state index contributed by atoms with van der Waals surface area (Å²) >= 11 is 0. The summed E-state index contributed by atoms with van der Waals surface area (Å²) in [5.74, 6) is 0.357. The molecule has 0 bridgehead atoms. The first-order valence-electron chi connectivity index (χ1n) is 6.30. The van der Waals surface area contributed by atoms with Crippen molar-refractivity contribution in [1.82, 2.24) is 8.61 Å². The average Bonchev–Trinajstić information content (AvgIpc) is 2.29. The molecule has 0 saturated carbocycles. The predicted molar refractivity (Wildman–Crippen MR) is 72.6 cm³/mol. The zero-order chi connectivity index (χ0) is 13.9. The van der Waals surface area contributed by atoms with E-state index in [4.69, 9.17) is 11.1 Å². The Morgan fingerprint density at radius 3 is 2.44 bits per heavy atom. The monoisotopic (exact) mass is 276 g/mol. The van der Waals surface area contributed by atoms with Crippen molar-refractivity contribution >= 4 is 16.0 Å². The van der Waals surface area contributed by atoms with Crippen LogP contribution in [-0.4, -0.2) is 49.5 Å². The second-order valence-electron chi connectivity index (χ2n) is 5.23. The molecule has 18 heavy (non-hydrogen) atoms. The molecule has 106 valence electrons. The molecule has 1 atom stereocenters. The molecule has 1 aliphatic rings. The molecule has 0 spiro atoms. The summed E-state index contributed by atoms with van der Waals surface area (Å²) in [5.41, 5.74) is 5.37. The number of rotatable bonds is 5. The van der Waals surface area contributed by atoms with E-state index >= 15 is 0 Å². The third-order valence-corrected chi connectivity index (χ3v) is 5.48. The minimum absolute atomic E-state index is 0.0179. The van der Waals surface area contributed by atoms with Gasteiger partial charge in [-0.2, -0.15) is 17.0 Å². The molecule has 1 fully saturated rings. The van der Waals surface area contributed by atoms with Crippen LogP contribution in [0.25, 0.3) is 0 Å². The number of nitrogens with two attached hydrogens (primary N) is 1. The van der Waals surface area contributed by atoms with Crippen LogP contribution in [0.4, 0.5) is 0 Å². The van der Waals surface area contributed by atoms with Crippen molar-refractivity contribution in [2.45, 2.75) is 26.7 Å². The largest absolute Gasteiger partial charge is 0.387 e. The van der Waals surface area contributed by atoms with Crippen LogP contribution in [-0.2, 0) is 10.2 Å². The summed E-state index contributed by atoms with van der Waals surface area (Å²) < 4.78 is 27.4. The van der Waals surface area contributed by atoms with Crippen molar-refractivity contribution in [3.8, 4) is 0 Å². The summed E-state index contributed by atoms with van der Waals surface area (Å²) in [6.07, 6.45) is 1.82. The van der Waals surface area contributed by atoms with Crippen LogP contribution < -0.4 is 5.73 Å². The van der Waals surface area contributed by atoms with E-state index in [1.165, 1.54) is 8.61 Å². The first-order chi connectivity index (χ1) is 8.25. The number of nitrogens with zero attached hydrogens (tertiary/aromatic N) is 2. The van der Waals surface area contributed by atoms with E-state index in [0.29, 0.717) is 19.0 Å². The van der Waals surface area contributed by atoms with Gasteiger partial charge in [0, 0.05) is 32.6 Å². The van der Waals surface area contributed by atoms with Crippen molar-refractivity contribution in [3.63, 3.8) is 0 Å². The van der Waals surface area contributed by atoms with E-state index in [1.54, 1.807) is 14.0 Å². The zero-order valence-electron chi connectivity index (χ0n) is 11.4. The van der Waals surface area contributed by atoms with Crippen molar-refractivity contribution in [2.75, 3.05) is 26.7 Å². The number of hydrogen-bond acceptors (Lipinski definition) is 3. The molecule has 7 heteroatoms. The van der Waals surface area contributed by atoms with Crippen LogP contribution in [0.5, 0.6) is 0 Å². The Morgan fingerprint density at radius 1 is 1.50 bits per heavy atom. The third kappa shape index (κ3) is 3.66. The van der Waals surface area contributed by atoms with Crippen LogP contribution in [0, 0.1) is 17.2 Å². The van der Waals surface area contributed by atoms with Crippen molar-refractivity contribution < 1.29 is 8.42 Å². The maximum atomic E-state index is 12.3. The predicted octanol–water partition coefficient (Wildman–Crippen LogP) is 0.467. The maximum absolute atomic E-state index is 12.3. The summed E-state index contributed by atoms with van der Waals surface area (Å²) in [6.45, 7) is 5.33. The minimum Gasteiger partial charge on any atom is -0.387 e. The molecule has 0 aromatic carbocycles. The van der Waals surface area contributed by atoms with Gasteiger partial charge in [-0.3, -0.25) is 5.41 Å². The van der Waals surface area contributed by atoms with Gasteiger partial charge in [-0.05, 0) is 18.8 Å². The fourth-order valence-corrected chi connectivity index (χ4v) is 3.47. The second kappa shape index (κ2) is 5.99. The molecule has 1 unspecified atom stereocenters.